The molecule has 6 heteroatoms. The van der Waals surface area contributed by atoms with Crippen LogP contribution in [0.25, 0.3) is 0 Å². The standard InChI is InChI=1S/C11H15NO4S/c1-8-3-4-10(12)9(7-8)11(13)16-5-6-17(2,14)15/h3-4,7H,5-6,12H2,1-2H3. The summed E-state index contributed by atoms with van der Waals surface area (Å²) in [5.74, 6) is -0.792. The van der Waals surface area contributed by atoms with Crippen LogP contribution in [0.4, 0.5) is 5.69 Å². The summed E-state index contributed by atoms with van der Waals surface area (Å²) in [7, 11) is -3.13. The fourth-order valence-electron chi connectivity index (χ4n) is 1.21. The second-order valence-corrected chi connectivity index (χ2v) is 6.12. The zero-order valence-electron chi connectivity index (χ0n) is 9.76. The van der Waals surface area contributed by atoms with E-state index in [1.165, 1.54) is 0 Å². The van der Waals surface area contributed by atoms with Crippen molar-refractivity contribution < 1.29 is 17.9 Å². The maximum atomic E-state index is 11.6. The molecule has 0 bridgehead atoms. The number of anilines is 1. The van der Waals surface area contributed by atoms with Gasteiger partial charge in [-0.05, 0) is 19.1 Å². The predicted octanol–water partition coefficient (Wildman–Crippen LogP) is 0.779. The van der Waals surface area contributed by atoms with Crippen molar-refractivity contribution in [1.29, 1.82) is 0 Å². The quantitative estimate of drug-likeness (QED) is 0.636. The first-order chi connectivity index (χ1) is 7.79. The molecule has 0 aromatic heterocycles. The Morgan fingerprint density at radius 2 is 2.06 bits per heavy atom. The lowest BCUT2D eigenvalue weighted by Crippen LogP contribution is -2.15. The Hall–Kier alpha value is -1.56. The second kappa shape index (κ2) is 5.18. The van der Waals surface area contributed by atoms with Crippen LogP contribution < -0.4 is 5.73 Å². The molecule has 1 aromatic rings. The van der Waals surface area contributed by atoms with Gasteiger partial charge >= 0.3 is 5.97 Å². The number of hydrogen-bond acceptors (Lipinski definition) is 5. The molecule has 0 atom stereocenters. The summed E-state index contributed by atoms with van der Waals surface area (Å²) in [6.45, 7) is 1.66. The van der Waals surface area contributed by atoms with E-state index in [4.69, 9.17) is 10.5 Å². The summed E-state index contributed by atoms with van der Waals surface area (Å²) in [5.41, 5.74) is 7.09. The number of ether oxygens (including phenoxy) is 1. The van der Waals surface area contributed by atoms with Crippen LogP contribution in [0, 0.1) is 6.92 Å². The molecule has 94 valence electrons. The number of benzene rings is 1. The molecule has 0 aliphatic heterocycles. The third kappa shape index (κ3) is 4.44. The highest BCUT2D eigenvalue weighted by Crippen LogP contribution is 2.14. The number of carbonyl (C=O) groups excluding carboxylic acids is 1. The largest absolute Gasteiger partial charge is 0.461 e. The molecule has 0 saturated carbocycles. The normalized spacial score (nSPS) is 11.2. The summed E-state index contributed by atoms with van der Waals surface area (Å²) in [6.07, 6.45) is 1.09. The molecular weight excluding hydrogens is 242 g/mol. The van der Waals surface area contributed by atoms with E-state index in [1.807, 2.05) is 6.92 Å². The Balaban J connectivity index is 2.67. The highest BCUT2D eigenvalue weighted by Gasteiger charge is 2.12. The van der Waals surface area contributed by atoms with Gasteiger partial charge in [0, 0.05) is 11.9 Å². The number of rotatable bonds is 4. The van der Waals surface area contributed by atoms with Gasteiger partial charge in [-0.1, -0.05) is 11.6 Å². The maximum absolute atomic E-state index is 11.6. The fourth-order valence-corrected chi connectivity index (χ4v) is 1.60. The van der Waals surface area contributed by atoms with Crippen LogP contribution in [-0.4, -0.2) is 33.0 Å². The maximum Gasteiger partial charge on any atom is 0.340 e. The van der Waals surface area contributed by atoms with E-state index in [0.717, 1.165) is 11.8 Å². The van der Waals surface area contributed by atoms with E-state index in [2.05, 4.69) is 0 Å². The number of hydrogen-bond donors (Lipinski definition) is 1. The Bertz CT molecular complexity index is 522. The number of nitrogen functional groups attached to an aromatic ring is 1. The van der Waals surface area contributed by atoms with Crippen LogP contribution in [0.3, 0.4) is 0 Å². The summed E-state index contributed by atoms with van der Waals surface area (Å²) >= 11 is 0. The van der Waals surface area contributed by atoms with Gasteiger partial charge in [0.2, 0.25) is 0 Å². The Morgan fingerprint density at radius 1 is 1.41 bits per heavy atom. The number of esters is 1. The second-order valence-electron chi connectivity index (χ2n) is 3.86. The molecule has 17 heavy (non-hydrogen) atoms. The number of carbonyl (C=O) groups is 1. The number of aryl methyl sites for hydroxylation is 1. The van der Waals surface area contributed by atoms with Gasteiger partial charge in [-0.15, -0.1) is 0 Å². The van der Waals surface area contributed by atoms with Gasteiger partial charge in [-0.25, -0.2) is 13.2 Å². The number of sulfone groups is 1. The van der Waals surface area contributed by atoms with Crippen molar-refractivity contribution in [2.75, 3.05) is 24.3 Å². The van der Waals surface area contributed by atoms with Crippen molar-refractivity contribution in [3.05, 3.63) is 29.3 Å². The lowest BCUT2D eigenvalue weighted by molar-refractivity contribution is 0.0530. The lowest BCUT2D eigenvalue weighted by Gasteiger charge is -2.07. The van der Waals surface area contributed by atoms with E-state index < -0.39 is 15.8 Å². The van der Waals surface area contributed by atoms with Crippen LogP contribution in [0.15, 0.2) is 18.2 Å². The van der Waals surface area contributed by atoms with Gasteiger partial charge in [0.1, 0.15) is 6.61 Å². The Morgan fingerprint density at radius 3 is 2.65 bits per heavy atom. The van der Waals surface area contributed by atoms with E-state index in [1.54, 1.807) is 18.2 Å². The summed E-state index contributed by atoms with van der Waals surface area (Å²) in [6, 6.07) is 5.00. The monoisotopic (exact) mass is 257 g/mol. The minimum absolute atomic E-state index is 0.162. The van der Waals surface area contributed by atoms with Gasteiger partial charge < -0.3 is 10.5 Å². The van der Waals surface area contributed by atoms with E-state index in [0.29, 0.717) is 5.69 Å². The summed E-state index contributed by atoms with van der Waals surface area (Å²) in [5, 5.41) is 0. The van der Waals surface area contributed by atoms with Crippen LogP contribution >= 0.6 is 0 Å². The van der Waals surface area contributed by atoms with Crippen molar-refractivity contribution in [2.24, 2.45) is 0 Å². The van der Waals surface area contributed by atoms with Crippen molar-refractivity contribution in [3.63, 3.8) is 0 Å². The molecule has 0 spiro atoms. The van der Waals surface area contributed by atoms with Crippen molar-refractivity contribution >= 4 is 21.5 Å². The van der Waals surface area contributed by atoms with E-state index in [-0.39, 0.29) is 17.9 Å². The molecule has 0 fully saturated rings. The zero-order chi connectivity index (χ0) is 13.1. The molecule has 0 aliphatic carbocycles. The first-order valence-electron chi connectivity index (χ1n) is 5.00. The molecular formula is C11H15NO4S. The molecule has 0 unspecified atom stereocenters. The molecule has 0 amide bonds. The molecule has 2 N–H and O–H groups in total. The van der Waals surface area contributed by atoms with Gasteiger partial charge in [0.25, 0.3) is 0 Å². The molecule has 0 heterocycles. The van der Waals surface area contributed by atoms with Crippen LogP contribution in [0.5, 0.6) is 0 Å². The Kier molecular flexibility index (Phi) is 4.11. The highest BCUT2D eigenvalue weighted by molar-refractivity contribution is 7.90. The van der Waals surface area contributed by atoms with E-state index in [9.17, 15) is 13.2 Å². The topological polar surface area (TPSA) is 86.5 Å². The van der Waals surface area contributed by atoms with Gasteiger partial charge in [-0.2, -0.15) is 0 Å². The molecule has 0 saturated heterocycles. The minimum atomic E-state index is -3.13. The average Bonchev–Trinajstić information content (AvgIpc) is 2.19. The smallest absolute Gasteiger partial charge is 0.340 e. The van der Waals surface area contributed by atoms with Crippen molar-refractivity contribution in [2.45, 2.75) is 6.92 Å². The van der Waals surface area contributed by atoms with Gasteiger partial charge in [0.15, 0.2) is 9.84 Å². The summed E-state index contributed by atoms with van der Waals surface area (Å²) < 4.78 is 26.6. The van der Waals surface area contributed by atoms with Crippen LogP contribution in [-0.2, 0) is 14.6 Å². The molecule has 5 nitrogen and oxygen atoms in total. The van der Waals surface area contributed by atoms with E-state index >= 15 is 0 Å². The molecule has 0 aliphatic rings. The Labute approximate surface area is 100 Å². The minimum Gasteiger partial charge on any atom is -0.461 e. The first kappa shape index (κ1) is 13.5. The van der Waals surface area contributed by atoms with Crippen LogP contribution in [0.1, 0.15) is 15.9 Å². The summed E-state index contributed by atoms with van der Waals surface area (Å²) in [4.78, 5) is 11.6. The fraction of sp³-hybridized carbons (Fsp3) is 0.364. The first-order valence-corrected chi connectivity index (χ1v) is 7.06. The zero-order valence-corrected chi connectivity index (χ0v) is 10.6. The van der Waals surface area contributed by atoms with Crippen LogP contribution in [0.2, 0.25) is 0 Å². The van der Waals surface area contributed by atoms with Crippen molar-refractivity contribution in [1.82, 2.24) is 0 Å². The molecule has 0 radical (unpaired) electrons. The third-order valence-electron chi connectivity index (χ3n) is 2.12. The average molecular weight is 257 g/mol. The molecule has 1 aromatic carbocycles. The van der Waals surface area contributed by atoms with Crippen molar-refractivity contribution in [3.8, 4) is 0 Å². The SMILES string of the molecule is Cc1ccc(N)c(C(=O)OCCS(C)(=O)=O)c1. The third-order valence-corrected chi connectivity index (χ3v) is 3.02. The molecule has 1 rings (SSSR count). The highest BCUT2D eigenvalue weighted by atomic mass is 32.2. The lowest BCUT2D eigenvalue weighted by atomic mass is 10.1. The van der Waals surface area contributed by atoms with Gasteiger partial charge in [0.05, 0.1) is 11.3 Å². The van der Waals surface area contributed by atoms with Gasteiger partial charge in [-0.3, -0.25) is 0 Å². The predicted molar refractivity (Wildman–Crippen MR) is 65.6 cm³/mol. The number of nitrogens with two attached hydrogens (primary N) is 1.